The van der Waals surface area contributed by atoms with Gasteiger partial charge in [0.05, 0.1) is 17.6 Å². The maximum absolute atomic E-state index is 12.6. The lowest BCUT2D eigenvalue weighted by atomic mass is 9.97. The van der Waals surface area contributed by atoms with Crippen molar-refractivity contribution in [2.45, 2.75) is 24.3 Å². The molecule has 1 fully saturated rings. The molecule has 0 aromatic heterocycles. The summed E-state index contributed by atoms with van der Waals surface area (Å²) >= 11 is 6.24. The van der Waals surface area contributed by atoms with Crippen molar-refractivity contribution in [1.29, 1.82) is 0 Å². The van der Waals surface area contributed by atoms with E-state index in [1.54, 1.807) is 0 Å². The Morgan fingerprint density at radius 1 is 1.17 bits per heavy atom. The molecule has 1 aliphatic heterocycles. The number of benzene rings is 2. The van der Waals surface area contributed by atoms with Crippen LogP contribution in [-0.2, 0) is 21.3 Å². The minimum absolute atomic E-state index is 0.0663. The molecule has 6 nitrogen and oxygen atoms in total. The number of nitrogens with one attached hydrogen (secondary N) is 1. The van der Waals surface area contributed by atoms with Gasteiger partial charge in [0.25, 0.3) is 0 Å². The third-order valence-electron chi connectivity index (χ3n) is 5.19. The lowest BCUT2D eigenvalue weighted by Gasteiger charge is -2.32. The average molecular weight is 437 g/mol. The molecular weight excluding hydrogens is 412 g/mol. The molecule has 0 radical (unpaired) electrons. The number of sulfonamides is 1. The third-order valence-corrected chi connectivity index (χ3v) is 6.98. The highest BCUT2D eigenvalue weighted by Crippen LogP contribution is 2.22. The van der Waals surface area contributed by atoms with Gasteiger partial charge in [-0.25, -0.2) is 17.9 Å². The number of carbonyl (C=O) groups is 1. The summed E-state index contributed by atoms with van der Waals surface area (Å²) in [5.74, 6) is -0.288. The summed E-state index contributed by atoms with van der Waals surface area (Å²) in [4.78, 5) is 14.0. The second kappa shape index (κ2) is 9.71. The zero-order valence-corrected chi connectivity index (χ0v) is 17.9. The normalized spacial score (nSPS) is 15.9. The van der Waals surface area contributed by atoms with E-state index < -0.39 is 16.0 Å². The zero-order chi connectivity index (χ0) is 20.9. The molecule has 2 aromatic carbocycles. The van der Waals surface area contributed by atoms with E-state index in [1.165, 1.54) is 31.4 Å². The van der Waals surface area contributed by atoms with Gasteiger partial charge in [0.15, 0.2) is 0 Å². The van der Waals surface area contributed by atoms with Crippen LogP contribution < -0.4 is 4.72 Å². The molecule has 29 heavy (non-hydrogen) atoms. The van der Waals surface area contributed by atoms with E-state index in [1.807, 2.05) is 24.3 Å². The number of ether oxygens (including phenoxy) is 1. The van der Waals surface area contributed by atoms with Crippen LogP contribution in [0.25, 0.3) is 0 Å². The Bertz CT molecular complexity index is 957. The first-order chi connectivity index (χ1) is 13.9. The van der Waals surface area contributed by atoms with Crippen LogP contribution in [0.4, 0.5) is 0 Å². The fraction of sp³-hybridized carbons (Fsp3) is 0.381. The summed E-state index contributed by atoms with van der Waals surface area (Å²) in [6, 6.07) is 13.7. The van der Waals surface area contributed by atoms with Crippen LogP contribution in [0.5, 0.6) is 0 Å². The van der Waals surface area contributed by atoms with Gasteiger partial charge in [-0.2, -0.15) is 0 Å². The molecule has 1 heterocycles. The van der Waals surface area contributed by atoms with Gasteiger partial charge in [-0.3, -0.25) is 4.90 Å². The van der Waals surface area contributed by atoms with Crippen LogP contribution in [-0.4, -0.2) is 46.0 Å². The number of esters is 1. The molecule has 0 unspecified atom stereocenters. The molecule has 1 aliphatic rings. The molecule has 0 saturated carbocycles. The van der Waals surface area contributed by atoms with E-state index in [-0.39, 0.29) is 16.4 Å². The van der Waals surface area contributed by atoms with E-state index >= 15 is 0 Å². The number of nitrogens with zero attached hydrogens (tertiary/aromatic N) is 1. The molecule has 2 aromatic rings. The first kappa shape index (κ1) is 21.8. The monoisotopic (exact) mass is 436 g/mol. The predicted molar refractivity (Wildman–Crippen MR) is 112 cm³/mol. The quantitative estimate of drug-likeness (QED) is 0.674. The van der Waals surface area contributed by atoms with Crippen molar-refractivity contribution in [3.05, 3.63) is 64.7 Å². The Balaban J connectivity index is 1.52. The van der Waals surface area contributed by atoms with Crippen LogP contribution in [0, 0.1) is 5.92 Å². The summed E-state index contributed by atoms with van der Waals surface area (Å²) in [6.45, 7) is 2.98. The Hall–Kier alpha value is -1.93. The Morgan fingerprint density at radius 3 is 2.59 bits per heavy atom. The van der Waals surface area contributed by atoms with Crippen LogP contribution in [0.3, 0.4) is 0 Å². The van der Waals surface area contributed by atoms with E-state index in [0.717, 1.165) is 43.1 Å². The molecule has 1 saturated heterocycles. The van der Waals surface area contributed by atoms with Crippen molar-refractivity contribution in [3.63, 3.8) is 0 Å². The molecule has 8 heteroatoms. The molecule has 156 valence electrons. The van der Waals surface area contributed by atoms with E-state index in [9.17, 15) is 13.2 Å². The number of hydrogen-bond acceptors (Lipinski definition) is 5. The molecule has 3 rings (SSSR count). The SMILES string of the molecule is COC(=O)c1cccc(S(=O)(=O)NCC2CCN(Cc3ccccc3Cl)CC2)c1. The van der Waals surface area contributed by atoms with Gasteiger partial charge >= 0.3 is 5.97 Å². The fourth-order valence-corrected chi connectivity index (χ4v) is 4.79. The number of likely N-dealkylation sites (tertiary alicyclic amines) is 1. The maximum Gasteiger partial charge on any atom is 0.337 e. The van der Waals surface area contributed by atoms with E-state index in [0.29, 0.717) is 6.54 Å². The van der Waals surface area contributed by atoms with Crippen molar-refractivity contribution in [2.24, 2.45) is 5.92 Å². The van der Waals surface area contributed by atoms with Gasteiger partial charge < -0.3 is 4.74 Å². The standard InChI is InChI=1S/C21H25ClN2O4S/c1-28-21(25)17-6-4-7-19(13-17)29(26,27)23-14-16-9-11-24(12-10-16)15-18-5-2-3-8-20(18)22/h2-8,13,16,23H,9-12,14-15H2,1H3. The highest BCUT2D eigenvalue weighted by atomic mass is 35.5. The maximum atomic E-state index is 12.6. The zero-order valence-electron chi connectivity index (χ0n) is 16.3. The molecule has 0 aliphatic carbocycles. The third kappa shape index (κ3) is 5.79. The first-order valence-electron chi connectivity index (χ1n) is 9.53. The lowest BCUT2D eigenvalue weighted by Crippen LogP contribution is -2.38. The van der Waals surface area contributed by atoms with Crippen molar-refractivity contribution >= 4 is 27.6 Å². The molecule has 0 bridgehead atoms. The van der Waals surface area contributed by atoms with Crippen LogP contribution in [0.1, 0.15) is 28.8 Å². The van der Waals surface area contributed by atoms with Crippen molar-refractivity contribution < 1.29 is 17.9 Å². The number of carbonyl (C=O) groups excluding carboxylic acids is 1. The molecule has 1 N–H and O–H groups in total. The van der Waals surface area contributed by atoms with Crippen molar-refractivity contribution in [3.8, 4) is 0 Å². The highest BCUT2D eigenvalue weighted by molar-refractivity contribution is 7.89. The summed E-state index contributed by atoms with van der Waals surface area (Å²) in [7, 11) is -2.42. The highest BCUT2D eigenvalue weighted by Gasteiger charge is 2.23. The lowest BCUT2D eigenvalue weighted by molar-refractivity contribution is 0.0600. The molecular formula is C21H25ClN2O4S. The van der Waals surface area contributed by atoms with Gasteiger partial charge in [0.1, 0.15) is 0 Å². The van der Waals surface area contributed by atoms with Crippen molar-refractivity contribution in [1.82, 2.24) is 9.62 Å². The van der Waals surface area contributed by atoms with Gasteiger partial charge in [0.2, 0.25) is 10.0 Å². The van der Waals surface area contributed by atoms with Crippen LogP contribution in [0.2, 0.25) is 5.02 Å². The summed E-state index contributed by atoms with van der Waals surface area (Å²) in [5, 5.41) is 0.775. The van der Waals surface area contributed by atoms with Gasteiger partial charge in [-0.05, 0) is 61.7 Å². The predicted octanol–water partition coefficient (Wildman–Crippen LogP) is 3.32. The summed E-state index contributed by atoms with van der Waals surface area (Å²) in [5.41, 5.74) is 1.32. The second-order valence-electron chi connectivity index (χ2n) is 7.18. The van der Waals surface area contributed by atoms with Gasteiger partial charge in [-0.15, -0.1) is 0 Å². The Morgan fingerprint density at radius 2 is 1.90 bits per heavy atom. The fourth-order valence-electron chi connectivity index (χ4n) is 3.44. The van der Waals surface area contributed by atoms with Crippen LogP contribution >= 0.6 is 11.6 Å². The average Bonchev–Trinajstić information content (AvgIpc) is 2.74. The number of hydrogen-bond donors (Lipinski definition) is 1. The van der Waals surface area contributed by atoms with Gasteiger partial charge in [-0.1, -0.05) is 35.9 Å². The first-order valence-corrected chi connectivity index (χ1v) is 11.4. The van der Waals surface area contributed by atoms with Gasteiger partial charge in [0, 0.05) is 18.1 Å². The number of halogens is 1. The van der Waals surface area contributed by atoms with E-state index in [4.69, 9.17) is 11.6 Å². The Labute approximate surface area is 176 Å². The molecule has 0 amide bonds. The number of rotatable bonds is 7. The van der Waals surface area contributed by atoms with Crippen LogP contribution in [0.15, 0.2) is 53.4 Å². The van der Waals surface area contributed by atoms with E-state index in [2.05, 4.69) is 14.4 Å². The number of piperidine rings is 1. The number of methoxy groups -OCH3 is 1. The molecule has 0 atom stereocenters. The second-order valence-corrected chi connectivity index (χ2v) is 9.36. The smallest absolute Gasteiger partial charge is 0.337 e. The topological polar surface area (TPSA) is 75.7 Å². The molecule has 0 spiro atoms. The summed E-state index contributed by atoms with van der Waals surface area (Å²) in [6.07, 6.45) is 1.82. The minimum atomic E-state index is -3.68. The largest absolute Gasteiger partial charge is 0.465 e. The summed E-state index contributed by atoms with van der Waals surface area (Å²) < 4.78 is 32.5. The van der Waals surface area contributed by atoms with Crippen molar-refractivity contribution in [2.75, 3.05) is 26.7 Å². The minimum Gasteiger partial charge on any atom is -0.465 e. The Kier molecular flexibility index (Phi) is 7.29.